The second-order valence-corrected chi connectivity index (χ2v) is 4.85. The molecule has 0 radical (unpaired) electrons. The summed E-state index contributed by atoms with van der Waals surface area (Å²) in [7, 11) is 0. The smallest absolute Gasteiger partial charge is 0.0951 e. The minimum Gasteiger partial charge on any atom is -0.331 e. The van der Waals surface area contributed by atoms with Gasteiger partial charge in [-0.25, -0.2) is 4.98 Å². The van der Waals surface area contributed by atoms with Crippen LogP contribution in [-0.2, 0) is 0 Å². The Kier molecular flexibility index (Phi) is 2.79. The first-order valence-corrected chi connectivity index (χ1v) is 6.32. The Bertz CT molecular complexity index is 366. The lowest BCUT2D eigenvalue weighted by Crippen LogP contribution is -2.28. The number of aromatic nitrogens is 2. The molecule has 1 aromatic rings. The van der Waals surface area contributed by atoms with E-state index in [-0.39, 0.29) is 0 Å². The number of hydrogen-bond acceptors (Lipinski definition) is 2. The quantitative estimate of drug-likeness (QED) is 0.770. The van der Waals surface area contributed by atoms with Crippen LogP contribution in [0.25, 0.3) is 0 Å². The normalized spacial score (nSPS) is 23.0. The molecule has 0 aromatic carbocycles. The van der Waals surface area contributed by atoms with Gasteiger partial charge < -0.3 is 9.88 Å². The van der Waals surface area contributed by atoms with Crippen molar-refractivity contribution >= 4 is 0 Å². The maximum atomic E-state index is 4.36. The maximum Gasteiger partial charge on any atom is 0.0951 e. The van der Waals surface area contributed by atoms with Crippen LogP contribution >= 0.6 is 0 Å². The molecule has 16 heavy (non-hydrogen) atoms. The third kappa shape index (κ3) is 1.80. The van der Waals surface area contributed by atoms with E-state index in [4.69, 9.17) is 0 Å². The fraction of sp³-hybridized carbons (Fsp3) is 0.615. The molecule has 0 saturated carbocycles. The molecule has 0 atom stereocenters. The van der Waals surface area contributed by atoms with Crippen molar-refractivity contribution in [2.75, 3.05) is 13.1 Å². The van der Waals surface area contributed by atoms with Gasteiger partial charge in [-0.1, -0.05) is 12.2 Å². The van der Waals surface area contributed by atoms with Crippen molar-refractivity contribution in [1.29, 1.82) is 0 Å². The Balaban J connectivity index is 1.80. The van der Waals surface area contributed by atoms with E-state index in [0.29, 0.717) is 12.0 Å². The molecular weight excluding hydrogens is 198 g/mol. The Morgan fingerprint density at radius 3 is 2.69 bits per heavy atom. The van der Waals surface area contributed by atoms with Gasteiger partial charge in [-0.3, -0.25) is 0 Å². The van der Waals surface area contributed by atoms with E-state index in [9.17, 15) is 0 Å². The second kappa shape index (κ2) is 4.42. The van der Waals surface area contributed by atoms with Gasteiger partial charge in [0.25, 0.3) is 0 Å². The first-order valence-electron chi connectivity index (χ1n) is 6.32. The number of rotatable bonds is 2. The maximum absolute atomic E-state index is 4.36. The topological polar surface area (TPSA) is 29.9 Å². The summed E-state index contributed by atoms with van der Waals surface area (Å²) in [6.07, 6.45) is 13.5. The molecule has 0 bridgehead atoms. The van der Waals surface area contributed by atoms with Crippen LogP contribution in [0.15, 0.2) is 24.7 Å². The number of imidazole rings is 1. The summed E-state index contributed by atoms with van der Waals surface area (Å²) in [5.41, 5.74) is 1.45. The van der Waals surface area contributed by atoms with E-state index in [1.54, 1.807) is 0 Å². The van der Waals surface area contributed by atoms with Crippen LogP contribution in [0.3, 0.4) is 0 Å². The Morgan fingerprint density at radius 2 is 1.94 bits per heavy atom. The van der Waals surface area contributed by atoms with Crippen LogP contribution in [0.1, 0.15) is 43.3 Å². The molecule has 2 aliphatic rings. The van der Waals surface area contributed by atoms with E-state index in [1.165, 1.54) is 31.4 Å². The standard InChI is InChI=1S/C13H19N3/c1-2-4-12(3-1)16-10-15-9-13(16)11-5-7-14-8-6-11/h1-2,9-12,14H,3-8H2. The van der Waals surface area contributed by atoms with Gasteiger partial charge in [0.15, 0.2) is 0 Å². The van der Waals surface area contributed by atoms with E-state index in [2.05, 4.69) is 33.2 Å². The van der Waals surface area contributed by atoms with Crippen molar-refractivity contribution < 1.29 is 0 Å². The van der Waals surface area contributed by atoms with Gasteiger partial charge in [0.05, 0.1) is 6.33 Å². The largest absolute Gasteiger partial charge is 0.331 e. The average Bonchev–Trinajstić information content (AvgIpc) is 3.01. The average molecular weight is 217 g/mol. The van der Waals surface area contributed by atoms with Crippen molar-refractivity contribution in [3.05, 3.63) is 30.4 Å². The highest BCUT2D eigenvalue weighted by molar-refractivity contribution is 5.11. The molecule has 1 aliphatic heterocycles. The summed E-state index contributed by atoms with van der Waals surface area (Å²) >= 11 is 0. The third-order valence-electron chi connectivity index (χ3n) is 3.83. The van der Waals surface area contributed by atoms with E-state index in [1.807, 2.05) is 6.33 Å². The molecule has 0 spiro atoms. The minimum atomic E-state index is 0.632. The van der Waals surface area contributed by atoms with Gasteiger partial charge in [0, 0.05) is 23.9 Å². The molecule has 1 N–H and O–H groups in total. The number of piperidine rings is 1. The number of nitrogens with zero attached hydrogens (tertiary/aromatic N) is 2. The lowest BCUT2D eigenvalue weighted by atomic mass is 9.94. The van der Waals surface area contributed by atoms with E-state index < -0.39 is 0 Å². The minimum absolute atomic E-state index is 0.632. The molecule has 0 amide bonds. The number of hydrogen-bond donors (Lipinski definition) is 1. The summed E-state index contributed by atoms with van der Waals surface area (Å²) in [6, 6.07) is 0.632. The summed E-state index contributed by atoms with van der Waals surface area (Å²) in [6.45, 7) is 2.30. The summed E-state index contributed by atoms with van der Waals surface area (Å²) < 4.78 is 2.41. The van der Waals surface area contributed by atoms with Gasteiger partial charge in [0.2, 0.25) is 0 Å². The van der Waals surface area contributed by atoms with E-state index in [0.717, 1.165) is 13.1 Å². The van der Waals surface area contributed by atoms with Gasteiger partial charge in [-0.15, -0.1) is 0 Å². The predicted molar refractivity (Wildman–Crippen MR) is 64.5 cm³/mol. The molecule has 86 valence electrons. The van der Waals surface area contributed by atoms with Crippen molar-refractivity contribution in [2.45, 2.75) is 37.6 Å². The molecular formula is C13H19N3. The van der Waals surface area contributed by atoms with Crippen LogP contribution in [0.5, 0.6) is 0 Å². The second-order valence-electron chi connectivity index (χ2n) is 4.85. The van der Waals surface area contributed by atoms with Crippen molar-refractivity contribution in [3.63, 3.8) is 0 Å². The van der Waals surface area contributed by atoms with Crippen LogP contribution in [-0.4, -0.2) is 22.6 Å². The zero-order valence-electron chi connectivity index (χ0n) is 9.60. The van der Waals surface area contributed by atoms with Gasteiger partial charge in [-0.2, -0.15) is 0 Å². The highest BCUT2D eigenvalue weighted by Gasteiger charge is 2.22. The lowest BCUT2D eigenvalue weighted by Gasteiger charge is -2.25. The zero-order chi connectivity index (χ0) is 10.8. The van der Waals surface area contributed by atoms with Crippen molar-refractivity contribution in [1.82, 2.24) is 14.9 Å². The fourth-order valence-corrected chi connectivity index (χ4v) is 2.88. The van der Waals surface area contributed by atoms with Crippen molar-refractivity contribution in [2.24, 2.45) is 0 Å². The van der Waals surface area contributed by atoms with Crippen LogP contribution < -0.4 is 5.32 Å². The molecule has 3 rings (SSSR count). The highest BCUT2D eigenvalue weighted by atomic mass is 15.1. The molecule has 3 nitrogen and oxygen atoms in total. The van der Waals surface area contributed by atoms with Crippen LogP contribution in [0, 0.1) is 0 Å². The monoisotopic (exact) mass is 217 g/mol. The number of allylic oxidation sites excluding steroid dienone is 2. The first kappa shape index (κ1) is 10.1. The van der Waals surface area contributed by atoms with Gasteiger partial charge in [0.1, 0.15) is 0 Å². The Hall–Kier alpha value is -1.09. The number of nitrogens with one attached hydrogen (secondary N) is 1. The van der Waals surface area contributed by atoms with Crippen molar-refractivity contribution in [3.8, 4) is 0 Å². The zero-order valence-corrected chi connectivity index (χ0v) is 9.60. The summed E-state index contributed by atoms with van der Waals surface area (Å²) in [5, 5.41) is 3.42. The van der Waals surface area contributed by atoms with Crippen LogP contribution in [0.2, 0.25) is 0 Å². The molecule has 1 fully saturated rings. The molecule has 0 unspecified atom stereocenters. The summed E-state index contributed by atoms with van der Waals surface area (Å²) in [5.74, 6) is 0.712. The molecule has 3 heteroatoms. The molecule has 1 aromatic heterocycles. The molecule has 1 aliphatic carbocycles. The van der Waals surface area contributed by atoms with E-state index >= 15 is 0 Å². The van der Waals surface area contributed by atoms with Gasteiger partial charge >= 0.3 is 0 Å². The fourth-order valence-electron chi connectivity index (χ4n) is 2.88. The molecule has 2 heterocycles. The first-order chi connectivity index (χ1) is 7.95. The third-order valence-corrected chi connectivity index (χ3v) is 3.83. The Labute approximate surface area is 96.6 Å². The SMILES string of the molecule is C1=CCC(n2cncc2C2CCNCC2)C1. The highest BCUT2D eigenvalue weighted by Crippen LogP contribution is 2.31. The molecule has 1 saturated heterocycles. The van der Waals surface area contributed by atoms with Gasteiger partial charge in [-0.05, 0) is 38.8 Å². The summed E-state index contributed by atoms with van der Waals surface area (Å²) in [4.78, 5) is 4.36. The lowest BCUT2D eigenvalue weighted by molar-refractivity contribution is 0.419. The predicted octanol–water partition coefficient (Wildman–Crippen LogP) is 2.24. The Morgan fingerprint density at radius 1 is 1.19 bits per heavy atom. The van der Waals surface area contributed by atoms with Crippen LogP contribution in [0.4, 0.5) is 0 Å².